The fourth-order valence-corrected chi connectivity index (χ4v) is 1.93. The number of nitrogens with zero attached hydrogens (tertiary/aromatic N) is 1. The lowest BCUT2D eigenvalue weighted by Gasteiger charge is -2.06. The van der Waals surface area contributed by atoms with Gasteiger partial charge in [-0.3, -0.25) is 4.98 Å². The lowest BCUT2D eigenvalue weighted by molar-refractivity contribution is 0.0526. The Morgan fingerprint density at radius 3 is 2.58 bits per heavy atom. The average molecular weight is 280 g/mol. The molecule has 3 nitrogen and oxygen atoms in total. The van der Waals surface area contributed by atoms with E-state index >= 15 is 0 Å². The standard InChI is InChI=1S/C14H11ClFNO2/c1-2-19-14(18)10-5-3-9(4-6-10)13-11(15)7-17-8-12(13)16/h3-8H,2H2,1H3. The van der Waals surface area contributed by atoms with Crippen LogP contribution in [0.1, 0.15) is 17.3 Å². The van der Waals surface area contributed by atoms with Crippen LogP contribution < -0.4 is 0 Å². The molecule has 1 heterocycles. The van der Waals surface area contributed by atoms with Crippen LogP contribution in [0.25, 0.3) is 11.1 Å². The zero-order valence-corrected chi connectivity index (χ0v) is 10.9. The van der Waals surface area contributed by atoms with Crippen LogP contribution in [0.5, 0.6) is 0 Å². The first-order valence-corrected chi connectivity index (χ1v) is 6.08. The summed E-state index contributed by atoms with van der Waals surface area (Å²) in [5.41, 5.74) is 1.27. The van der Waals surface area contributed by atoms with Crippen molar-refractivity contribution in [3.8, 4) is 11.1 Å². The minimum absolute atomic E-state index is 0.226. The van der Waals surface area contributed by atoms with Crippen molar-refractivity contribution in [2.24, 2.45) is 0 Å². The number of rotatable bonds is 3. The van der Waals surface area contributed by atoms with E-state index in [1.54, 1.807) is 31.2 Å². The van der Waals surface area contributed by atoms with Crippen molar-refractivity contribution in [3.63, 3.8) is 0 Å². The number of esters is 1. The molecule has 0 spiro atoms. The fraction of sp³-hybridized carbons (Fsp3) is 0.143. The topological polar surface area (TPSA) is 39.2 Å². The SMILES string of the molecule is CCOC(=O)c1ccc(-c2c(F)cncc2Cl)cc1. The Kier molecular flexibility index (Phi) is 4.12. The summed E-state index contributed by atoms with van der Waals surface area (Å²) in [6, 6.07) is 6.39. The van der Waals surface area contributed by atoms with Gasteiger partial charge in [-0.05, 0) is 24.6 Å². The molecule has 0 aliphatic carbocycles. The highest BCUT2D eigenvalue weighted by Gasteiger charge is 2.11. The van der Waals surface area contributed by atoms with Crippen LogP contribution >= 0.6 is 11.6 Å². The second-order valence-electron chi connectivity index (χ2n) is 3.78. The Morgan fingerprint density at radius 2 is 2.00 bits per heavy atom. The quantitative estimate of drug-likeness (QED) is 0.804. The fourth-order valence-electron chi connectivity index (χ4n) is 1.67. The smallest absolute Gasteiger partial charge is 0.338 e. The molecule has 5 heteroatoms. The second-order valence-corrected chi connectivity index (χ2v) is 4.18. The molecule has 0 bridgehead atoms. The number of pyridine rings is 1. The van der Waals surface area contributed by atoms with Crippen LogP contribution in [0.2, 0.25) is 5.02 Å². The van der Waals surface area contributed by atoms with E-state index in [1.807, 2.05) is 0 Å². The van der Waals surface area contributed by atoms with Crippen LogP contribution in [0.3, 0.4) is 0 Å². The molecule has 0 atom stereocenters. The maximum Gasteiger partial charge on any atom is 0.338 e. The number of hydrogen-bond donors (Lipinski definition) is 0. The third-order valence-corrected chi connectivity index (χ3v) is 2.82. The lowest BCUT2D eigenvalue weighted by atomic mass is 10.0. The molecule has 0 aliphatic rings. The van der Waals surface area contributed by atoms with E-state index in [-0.39, 0.29) is 10.6 Å². The number of carbonyl (C=O) groups is 1. The van der Waals surface area contributed by atoms with E-state index in [0.29, 0.717) is 17.7 Å². The van der Waals surface area contributed by atoms with E-state index in [2.05, 4.69) is 4.98 Å². The van der Waals surface area contributed by atoms with Crippen molar-refractivity contribution in [3.05, 3.63) is 53.1 Å². The van der Waals surface area contributed by atoms with Crippen LogP contribution in [-0.2, 0) is 4.74 Å². The maximum atomic E-state index is 13.7. The van der Waals surface area contributed by atoms with Crippen molar-refractivity contribution in [2.45, 2.75) is 6.92 Å². The Balaban J connectivity index is 2.35. The monoisotopic (exact) mass is 279 g/mol. The molecular weight excluding hydrogens is 269 g/mol. The summed E-state index contributed by atoms with van der Waals surface area (Å²) in [6.45, 7) is 2.05. The largest absolute Gasteiger partial charge is 0.462 e. The summed E-state index contributed by atoms with van der Waals surface area (Å²) in [5, 5.41) is 0.226. The van der Waals surface area contributed by atoms with Crippen molar-refractivity contribution in [1.29, 1.82) is 0 Å². The van der Waals surface area contributed by atoms with Crippen LogP contribution in [0.15, 0.2) is 36.7 Å². The minimum atomic E-state index is -0.503. The number of ether oxygens (including phenoxy) is 1. The molecule has 19 heavy (non-hydrogen) atoms. The van der Waals surface area contributed by atoms with Gasteiger partial charge in [0.2, 0.25) is 0 Å². The molecule has 2 aromatic rings. The van der Waals surface area contributed by atoms with Gasteiger partial charge in [-0.15, -0.1) is 0 Å². The first-order valence-electron chi connectivity index (χ1n) is 5.70. The summed E-state index contributed by atoms with van der Waals surface area (Å²) >= 11 is 5.92. The molecule has 98 valence electrons. The van der Waals surface area contributed by atoms with Crippen LogP contribution in [0, 0.1) is 5.82 Å². The maximum absolute atomic E-state index is 13.7. The number of aromatic nitrogens is 1. The molecule has 0 unspecified atom stereocenters. The summed E-state index contributed by atoms with van der Waals surface area (Å²) in [7, 11) is 0. The van der Waals surface area contributed by atoms with E-state index < -0.39 is 11.8 Å². The first kappa shape index (κ1) is 13.5. The summed E-state index contributed by atoms with van der Waals surface area (Å²) in [6.07, 6.45) is 2.47. The van der Waals surface area contributed by atoms with Gasteiger partial charge in [0.15, 0.2) is 5.82 Å². The van der Waals surface area contributed by atoms with Gasteiger partial charge >= 0.3 is 5.97 Å². The van der Waals surface area contributed by atoms with Gasteiger partial charge in [-0.1, -0.05) is 23.7 Å². The van der Waals surface area contributed by atoms with E-state index in [4.69, 9.17) is 16.3 Å². The number of carbonyl (C=O) groups excluding carboxylic acids is 1. The molecule has 0 amide bonds. The number of halogens is 2. The van der Waals surface area contributed by atoms with E-state index in [0.717, 1.165) is 6.20 Å². The molecular formula is C14H11ClFNO2. The third kappa shape index (κ3) is 2.90. The minimum Gasteiger partial charge on any atom is -0.462 e. The second kappa shape index (κ2) is 5.80. The highest BCUT2D eigenvalue weighted by molar-refractivity contribution is 6.33. The van der Waals surface area contributed by atoms with Gasteiger partial charge in [0.1, 0.15) is 0 Å². The molecule has 0 saturated carbocycles. The van der Waals surface area contributed by atoms with Crippen molar-refractivity contribution in [2.75, 3.05) is 6.61 Å². The predicted octanol–water partition coefficient (Wildman–Crippen LogP) is 3.72. The highest BCUT2D eigenvalue weighted by Crippen LogP contribution is 2.29. The van der Waals surface area contributed by atoms with Gasteiger partial charge in [-0.25, -0.2) is 9.18 Å². The van der Waals surface area contributed by atoms with Crippen LogP contribution in [0.4, 0.5) is 4.39 Å². The molecule has 0 aliphatic heterocycles. The molecule has 2 rings (SSSR count). The lowest BCUT2D eigenvalue weighted by Crippen LogP contribution is -2.04. The summed E-state index contributed by atoms with van der Waals surface area (Å²) in [5.74, 6) is -0.910. The van der Waals surface area contributed by atoms with E-state index in [9.17, 15) is 9.18 Å². The molecule has 0 saturated heterocycles. The van der Waals surface area contributed by atoms with E-state index in [1.165, 1.54) is 6.20 Å². The summed E-state index contributed by atoms with van der Waals surface area (Å²) in [4.78, 5) is 15.2. The Morgan fingerprint density at radius 1 is 1.32 bits per heavy atom. The number of benzene rings is 1. The predicted molar refractivity (Wildman–Crippen MR) is 70.6 cm³/mol. The zero-order chi connectivity index (χ0) is 13.8. The van der Waals surface area contributed by atoms with Crippen molar-refractivity contribution in [1.82, 2.24) is 4.98 Å². The number of hydrogen-bond acceptors (Lipinski definition) is 3. The molecule has 1 aromatic carbocycles. The summed E-state index contributed by atoms with van der Waals surface area (Å²) < 4.78 is 18.5. The van der Waals surface area contributed by atoms with Gasteiger partial charge in [0, 0.05) is 11.8 Å². The van der Waals surface area contributed by atoms with Gasteiger partial charge in [-0.2, -0.15) is 0 Å². The molecule has 0 fully saturated rings. The Labute approximate surface area is 115 Å². The first-order chi connectivity index (χ1) is 9.13. The van der Waals surface area contributed by atoms with Crippen molar-refractivity contribution < 1.29 is 13.9 Å². The van der Waals surface area contributed by atoms with Gasteiger partial charge in [0.25, 0.3) is 0 Å². The molecule has 1 aromatic heterocycles. The van der Waals surface area contributed by atoms with Crippen molar-refractivity contribution >= 4 is 17.6 Å². The molecule has 0 N–H and O–H groups in total. The van der Waals surface area contributed by atoms with Gasteiger partial charge < -0.3 is 4.74 Å². The Hall–Kier alpha value is -1.94. The molecule has 0 radical (unpaired) electrons. The average Bonchev–Trinajstić information content (AvgIpc) is 2.39. The normalized spacial score (nSPS) is 10.3. The van der Waals surface area contributed by atoms with Gasteiger partial charge in [0.05, 0.1) is 23.4 Å². The Bertz CT molecular complexity index is 579. The van der Waals surface area contributed by atoms with Crippen LogP contribution in [-0.4, -0.2) is 17.6 Å². The third-order valence-electron chi connectivity index (χ3n) is 2.54. The highest BCUT2D eigenvalue weighted by atomic mass is 35.5. The zero-order valence-electron chi connectivity index (χ0n) is 10.2.